The number of amides is 1. The van der Waals surface area contributed by atoms with Crippen LogP contribution in [0.5, 0.6) is 11.5 Å². The number of fused-ring (bicyclic) bond motifs is 1. The molecule has 2 fully saturated rings. The van der Waals surface area contributed by atoms with E-state index in [1.54, 1.807) is 0 Å². The number of benzene rings is 1. The summed E-state index contributed by atoms with van der Waals surface area (Å²) in [6.45, 7) is 7.47. The lowest BCUT2D eigenvalue weighted by molar-refractivity contribution is -0.178. The normalized spacial score (nSPS) is 30.8. The highest BCUT2D eigenvalue weighted by Gasteiger charge is 2.46. The average molecular weight is 360 g/mol. The van der Waals surface area contributed by atoms with Crippen molar-refractivity contribution in [2.24, 2.45) is 0 Å². The number of rotatable bonds is 3. The van der Waals surface area contributed by atoms with E-state index in [1.165, 1.54) is 0 Å². The van der Waals surface area contributed by atoms with E-state index in [0.29, 0.717) is 6.61 Å². The van der Waals surface area contributed by atoms with Crippen LogP contribution in [0.3, 0.4) is 0 Å². The summed E-state index contributed by atoms with van der Waals surface area (Å²) in [6.07, 6.45) is 2.59. The summed E-state index contributed by atoms with van der Waals surface area (Å²) in [5, 5.41) is 3.08. The minimum absolute atomic E-state index is 0.000262. The maximum absolute atomic E-state index is 11.8. The topological polar surface area (TPSA) is 60.0 Å². The van der Waals surface area contributed by atoms with Crippen molar-refractivity contribution in [2.45, 2.75) is 57.0 Å². The lowest BCUT2D eigenvalue weighted by Crippen LogP contribution is -2.65. The van der Waals surface area contributed by atoms with Gasteiger partial charge in [0.25, 0.3) is 0 Å². The molecular weight excluding hydrogens is 332 g/mol. The van der Waals surface area contributed by atoms with Crippen molar-refractivity contribution in [1.82, 2.24) is 10.2 Å². The Balaban J connectivity index is 1.27. The molecule has 4 rings (SSSR count). The third-order valence-corrected chi connectivity index (χ3v) is 5.97. The first-order valence-electron chi connectivity index (χ1n) is 9.65. The third kappa shape index (κ3) is 3.40. The minimum atomic E-state index is -0.356. The summed E-state index contributed by atoms with van der Waals surface area (Å²) in [5.74, 6) is 1.68. The fraction of sp³-hybridized carbons (Fsp3) is 0.650. The molecule has 0 aromatic heterocycles. The van der Waals surface area contributed by atoms with E-state index in [-0.39, 0.29) is 29.8 Å². The molecule has 1 aromatic carbocycles. The van der Waals surface area contributed by atoms with E-state index >= 15 is 0 Å². The van der Waals surface area contributed by atoms with Crippen LogP contribution in [0.25, 0.3) is 0 Å². The molecule has 3 unspecified atom stereocenters. The quantitative estimate of drug-likeness (QED) is 0.893. The Morgan fingerprint density at radius 1 is 1.19 bits per heavy atom. The number of nitrogens with one attached hydrogen (secondary N) is 1. The lowest BCUT2D eigenvalue weighted by Gasteiger charge is -2.49. The van der Waals surface area contributed by atoms with E-state index in [1.807, 2.05) is 31.2 Å². The average Bonchev–Trinajstić information content (AvgIpc) is 2.66. The van der Waals surface area contributed by atoms with Crippen molar-refractivity contribution in [1.29, 1.82) is 0 Å². The maximum atomic E-state index is 11.8. The van der Waals surface area contributed by atoms with Crippen molar-refractivity contribution in [3.63, 3.8) is 0 Å². The lowest BCUT2D eigenvalue weighted by atomic mass is 9.83. The fourth-order valence-corrected chi connectivity index (χ4v) is 4.21. The van der Waals surface area contributed by atoms with E-state index < -0.39 is 0 Å². The molecule has 1 spiro atoms. The predicted octanol–water partition coefficient (Wildman–Crippen LogP) is 1.97. The second-order valence-corrected chi connectivity index (χ2v) is 7.68. The standard InChI is InChI=1S/C20H28N2O4/c1-14-19(23)21-15(2)20(26-14)8-11-22(12-9-20)10-7-16-13-24-17-5-3-4-6-18(17)25-16/h3-6,14-16H,7-13H2,1-2H3,(H,21,23). The van der Waals surface area contributed by atoms with Gasteiger partial charge < -0.3 is 24.4 Å². The number of para-hydroxylation sites is 2. The van der Waals surface area contributed by atoms with E-state index in [4.69, 9.17) is 14.2 Å². The van der Waals surface area contributed by atoms with Gasteiger partial charge in [0.05, 0.1) is 11.6 Å². The van der Waals surface area contributed by atoms with E-state index in [0.717, 1.165) is 50.4 Å². The molecule has 26 heavy (non-hydrogen) atoms. The van der Waals surface area contributed by atoms with Crippen molar-refractivity contribution >= 4 is 5.91 Å². The molecule has 1 N–H and O–H groups in total. The van der Waals surface area contributed by atoms with Gasteiger partial charge in [0.2, 0.25) is 5.91 Å². The summed E-state index contributed by atoms with van der Waals surface area (Å²) in [4.78, 5) is 14.3. The number of piperidine rings is 1. The number of ether oxygens (including phenoxy) is 3. The smallest absolute Gasteiger partial charge is 0.249 e. The number of nitrogens with zero attached hydrogens (tertiary/aromatic N) is 1. The highest BCUT2D eigenvalue weighted by Crippen LogP contribution is 2.35. The van der Waals surface area contributed by atoms with Crippen LogP contribution in [0.2, 0.25) is 0 Å². The Labute approximate surface area is 154 Å². The number of morpholine rings is 1. The van der Waals surface area contributed by atoms with Crippen LogP contribution in [0.1, 0.15) is 33.1 Å². The molecule has 3 atom stereocenters. The molecule has 0 bridgehead atoms. The summed E-state index contributed by atoms with van der Waals surface area (Å²) in [7, 11) is 0. The van der Waals surface area contributed by atoms with Crippen LogP contribution in [0.15, 0.2) is 24.3 Å². The summed E-state index contributed by atoms with van der Waals surface area (Å²) >= 11 is 0. The summed E-state index contributed by atoms with van der Waals surface area (Å²) in [6, 6.07) is 7.91. The van der Waals surface area contributed by atoms with Crippen molar-refractivity contribution in [3.05, 3.63) is 24.3 Å². The van der Waals surface area contributed by atoms with Crippen molar-refractivity contribution < 1.29 is 19.0 Å². The first-order valence-corrected chi connectivity index (χ1v) is 9.65. The number of hydrogen-bond donors (Lipinski definition) is 1. The van der Waals surface area contributed by atoms with Gasteiger partial charge >= 0.3 is 0 Å². The number of likely N-dealkylation sites (tertiary alicyclic amines) is 1. The molecule has 3 heterocycles. The Kier molecular flexibility index (Phi) is 4.80. The molecular formula is C20H28N2O4. The van der Waals surface area contributed by atoms with Gasteiger partial charge in [0, 0.05) is 26.1 Å². The van der Waals surface area contributed by atoms with Crippen LogP contribution in [-0.2, 0) is 9.53 Å². The highest BCUT2D eigenvalue weighted by atomic mass is 16.6. The van der Waals surface area contributed by atoms with Crippen LogP contribution >= 0.6 is 0 Å². The largest absolute Gasteiger partial charge is 0.486 e. The van der Waals surface area contributed by atoms with Crippen LogP contribution in [-0.4, -0.2) is 60.9 Å². The number of hydrogen-bond acceptors (Lipinski definition) is 5. The van der Waals surface area contributed by atoms with Gasteiger partial charge in [0.15, 0.2) is 11.5 Å². The third-order valence-electron chi connectivity index (χ3n) is 5.97. The van der Waals surface area contributed by atoms with Crippen molar-refractivity contribution in [2.75, 3.05) is 26.2 Å². The van der Waals surface area contributed by atoms with Gasteiger partial charge in [0.1, 0.15) is 18.8 Å². The summed E-state index contributed by atoms with van der Waals surface area (Å²) < 4.78 is 18.0. The Bertz CT molecular complexity index is 657. The van der Waals surface area contributed by atoms with Crippen LogP contribution in [0.4, 0.5) is 0 Å². The monoisotopic (exact) mass is 360 g/mol. The molecule has 6 nitrogen and oxygen atoms in total. The molecule has 1 aromatic rings. The molecule has 0 radical (unpaired) electrons. The number of carbonyl (C=O) groups excluding carboxylic acids is 1. The fourth-order valence-electron chi connectivity index (χ4n) is 4.21. The minimum Gasteiger partial charge on any atom is -0.486 e. The van der Waals surface area contributed by atoms with E-state index in [2.05, 4.69) is 17.1 Å². The first-order chi connectivity index (χ1) is 12.6. The molecule has 6 heteroatoms. The van der Waals surface area contributed by atoms with Gasteiger partial charge in [-0.05, 0) is 38.8 Å². The highest BCUT2D eigenvalue weighted by molar-refractivity contribution is 5.81. The van der Waals surface area contributed by atoms with Crippen LogP contribution in [0, 0.1) is 0 Å². The maximum Gasteiger partial charge on any atom is 0.249 e. The van der Waals surface area contributed by atoms with Gasteiger partial charge in [-0.1, -0.05) is 12.1 Å². The van der Waals surface area contributed by atoms with Gasteiger partial charge in [-0.2, -0.15) is 0 Å². The molecule has 0 saturated carbocycles. The molecule has 3 aliphatic heterocycles. The Hall–Kier alpha value is -1.79. The molecule has 2 saturated heterocycles. The summed E-state index contributed by atoms with van der Waals surface area (Å²) in [5.41, 5.74) is -0.215. The predicted molar refractivity (Wildman–Crippen MR) is 97.5 cm³/mol. The van der Waals surface area contributed by atoms with Crippen LogP contribution < -0.4 is 14.8 Å². The Morgan fingerprint density at radius 3 is 2.69 bits per heavy atom. The molecule has 142 valence electrons. The zero-order valence-corrected chi connectivity index (χ0v) is 15.6. The van der Waals surface area contributed by atoms with Gasteiger partial charge in [-0.15, -0.1) is 0 Å². The SMILES string of the molecule is CC1OC2(CCN(CCC3COc4ccccc4O3)CC2)C(C)NC1=O. The van der Waals surface area contributed by atoms with E-state index in [9.17, 15) is 4.79 Å². The van der Waals surface area contributed by atoms with Gasteiger partial charge in [-0.3, -0.25) is 4.79 Å². The molecule has 0 aliphatic carbocycles. The second-order valence-electron chi connectivity index (χ2n) is 7.68. The Morgan fingerprint density at radius 2 is 1.92 bits per heavy atom. The first kappa shape index (κ1) is 17.6. The van der Waals surface area contributed by atoms with Crippen molar-refractivity contribution in [3.8, 4) is 11.5 Å². The zero-order chi connectivity index (χ0) is 18.1. The number of carbonyl (C=O) groups is 1. The molecule has 1 amide bonds. The van der Waals surface area contributed by atoms with Gasteiger partial charge in [-0.25, -0.2) is 0 Å². The zero-order valence-electron chi connectivity index (χ0n) is 15.6. The molecule has 3 aliphatic rings. The second kappa shape index (κ2) is 7.08.